The summed E-state index contributed by atoms with van der Waals surface area (Å²) in [5, 5.41) is 0. The van der Waals surface area contributed by atoms with Crippen LogP contribution in [0.25, 0.3) is 5.70 Å². The van der Waals surface area contributed by atoms with Crippen LogP contribution in [-0.2, 0) is 17.4 Å². The van der Waals surface area contributed by atoms with Crippen molar-refractivity contribution in [3.05, 3.63) is 39.9 Å². The van der Waals surface area contributed by atoms with Crippen LogP contribution in [0.1, 0.15) is 38.3 Å². The molecule has 18 heavy (non-hydrogen) atoms. The zero-order valence-corrected chi connectivity index (χ0v) is 13.3. The minimum atomic E-state index is -1.08. The Bertz CT molecular complexity index is 517. The molecule has 0 saturated carbocycles. The maximum atomic E-state index is 12.2. The summed E-state index contributed by atoms with van der Waals surface area (Å²) in [5.74, 6) is 0. The van der Waals surface area contributed by atoms with E-state index < -0.39 is 11.0 Å². The highest BCUT2D eigenvalue weighted by atomic mass is 79.9. The third-order valence-electron chi connectivity index (χ3n) is 2.88. The first-order valence-corrected chi connectivity index (χ1v) is 8.00. The van der Waals surface area contributed by atoms with Crippen LogP contribution in [0.15, 0.2) is 28.7 Å². The van der Waals surface area contributed by atoms with Crippen LogP contribution < -0.4 is 4.72 Å². The van der Waals surface area contributed by atoms with Gasteiger partial charge in [-0.05, 0) is 51.3 Å². The topological polar surface area (TPSA) is 29.1 Å². The van der Waals surface area contributed by atoms with Crippen molar-refractivity contribution in [2.45, 2.75) is 38.4 Å². The highest BCUT2D eigenvalue weighted by Crippen LogP contribution is 2.28. The molecule has 1 aromatic rings. The number of hydrogen-bond donors (Lipinski definition) is 1. The minimum absolute atomic E-state index is 0.259. The number of aryl methyl sites for hydroxylation is 1. The lowest BCUT2D eigenvalue weighted by atomic mass is 9.95. The van der Waals surface area contributed by atoms with Crippen molar-refractivity contribution in [3.63, 3.8) is 0 Å². The third kappa shape index (κ3) is 3.04. The van der Waals surface area contributed by atoms with Crippen molar-refractivity contribution < 1.29 is 4.21 Å². The second kappa shape index (κ2) is 5.17. The zero-order valence-electron chi connectivity index (χ0n) is 10.9. The summed E-state index contributed by atoms with van der Waals surface area (Å²) in [6.07, 6.45) is 4.19. The van der Waals surface area contributed by atoms with Crippen molar-refractivity contribution in [2.24, 2.45) is 0 Å². The molecule has 2 rings (SSSR count). The maximum Gasteiger partial charge on any atom is 0.122 e. The molecule has 0 aromatic heterocycles. The van der Waals surface area contributed by atoms with Gasteiger partial charge in [0.25, 0.3) is 0 Å². The number of hydrogen-bond acceptors (Lipinski definition) is 1. The van der Waals surface area contributed by atoms with Gasteiger partial charge in [0.05, 0.1) is 4.75 Å². The van der Waals surface area contributed by atoms with Crippen LogP contribution in [0.2, 0.25) is 0 Å². The van der Waals surface area contributed by atoms with Gasteiger partial charge < -0.3 is 4.72 Å². The van der Waals surface area contributed by atoms with Gasteiger partial charge in [0, 0.05) is 15.7 Å². The van der Waals surface area contributed by atoms with Crippen LogP contribution in [0, 0.1) is 0 Å². The Labute approximate surface area is 120 Å². The summed E-state index contributed by atoms with van der Waals surface area (Å²) in [4.78, 5) is 0. The summed E-state index contributed by atoms with van der Waals surface area (Å²) in [6.45, 7) is 5.92. The molecule has 1 aliphatic rings. The van der Waals surface area contributed by atoms with Gasteiger partial charge >= 0.3 is 0 Å². The molecule has 98 valence electrons. The summed E-state index contributed by atoms with van der Waals surface area (Å²) in [7, 11) is -1.08. The molecule has 4 heteroatoms. The highest BCUT2D eigenvalue weighted by molar-refractivity contribution is 9.10. The minimum Gasteiger partial charge on any atom is -0.304 e. The monoisotopic (exact) mass is 327 g/mol. The van der Waals surface area contributed by atoms with Crippen LogP contribution in [0.5, 0.6) is 0 Å². The lowest BCUT2D eigenvalue weighted by Gasteiger charge is -2.24. The van der Waals surface area contributed by atoms with E-state index >= 15 is 0 Å². The Hall–Kier alpha value is -0.610. The van der Waals surface area contributed by atoms with Crippen molar-refractivity contribution >= 4 is 32.6 Å². The lowest BCUT2D eigenvalue weighted by Crippen LogP contribution is -2.33. The van der Waals surface area contributed by atoms with Crippen molar-refractivity contribution in [1.29, 1.82) is 0 Å². The summed E-state index contributed by atoms with van der Waals surface area (Å²) < 4.78 is 16.1. The van der Waals surface area contributed by atoms with Crippen molar-refractivity contribution in [2.75, 3.05) is 0 Å². The predicted octanol–water partition coefficient (Wildman–Crippen LogP) is 3.79. The number of allylic oxidation sites excluding steroid dienone is 1. The first-order valence-electron chi connectivity index (χ1n) is 6.05. The number of halogens is 1. The molecule has 1 aliphatic carbocycles. The van der Waals surface area contributed by atoms with E-state index in [1.165, 1.54) is 5.56 Å². The third-order valence-corrected chi connectivity index (χ3v) is 4.89. The normalized spacial score (nSPS) is 16.8. The molecule has 1 atom stereocenters. The average molecular weight is 328 g/mol. The van der Waals surface area contributed by atoms with E-state index in [-0.39, 0.29) is 4.75 Å². The van der Waals surface area contributed by atoms with E-state index in [2.05, 4.69) is 44.9 Å². The lowest BCUT2D eigenvalue weighted by molar-refractivity contribution is 0.645. The van der Waals surface area contributed by atoms with E-state index in [1.54, 1.807) is 0 Å². The van der Waals surface area contributed by atoms with E-state index in [1.807, 2.05) is 20.8 Å². The van der Waals surface area contributed by atoms with Gasteiger partial charge in [-0.1, -0.05) is 28.1 Å². The largest absolute Gasteiger partial charge is 0.304 e. The molecule has 0 bridgehead atoms. The molecule has 1 N–H and O–H groups in total. The Morgan fingerprint density at radius 1 is 1.33 bits per heavy atom. The molecule has 2 nitrogen and oxygen atoms in total. The van der Waals surface area contributed by atoms with Crippen LogP contribution in [0.3, 0.4) is 0 Å². The van der Waals surface area contributed by atoms with Gasteiger partial charge in [-0.2, -0.15) is 0 Å². The summed E-state index contributed by atoms with van der Waals surface area (Å²) in [5.41, 5.74) is 3.47. The molecule has 0 amide bonds. The van der Waals surface area contributed by atoms with Crippen molar-refractivity contribution in [3.8, 4) is 0 Å². The maximum absolute atomic E-state index is 12.2. The quantitative estimate of drug-likeness (QED) is 0.879. The molecule has 0 spiro atoms. The molecule has 0 saturated heterocycles. The Balaban J connectivity index is 2.29. The standard InChI is InChI=1S/C14H18BrNOS/c1-14(2,3)18(17)16-13-6-4-5-10-7-8-11(15)9-12(10)13/h6-9,16H,4-5H2,1-3H3/t18-/m1/s1. The fourth-order valence-corrected chi connectivity index (χ4v) is 2.91. The fraction of sp³-hybridized carbons (Fsp3) is 0.429. The number of benzene rings is 1. The predicted molar refractivity (Wildman–Crippen MR) is 81.5 cm³/mol. The van der Waals surface area contributed by atoms with Gasteiger partial charge in [0.2, 0.25) is 0 Å². The van der Waals surface area contributed by atoms with Gasteiger partial charge in [0.1, 0.15) is 11.0 Å². The summed E-state index contributed by atoms with van der Waals surface area (Å²) >= 11 is 3.49. The van der Waals surface area contributed by atoms with Gasteiger partial charge in [-0.25, -0.2) is 4.21 Å². The van der Waals surface area contributed by atoms with Gasteiger partial charge in [0.15, 0.2) is 0 Å². The van der Waals surface area contributed by atoms with E-state index in [0.29, 0.717) is 0 Å². The SMILES string of the molecule is CC(C)(C)[S@@](=O)NC1=CCCc2ccc(Br)cc21. The Morgan fingerprint density at radius 2 is 2.06 bits per heavy atom. The van der Waals surface area contributed by atoms with Crippen LogP contribution in [0.4, 0.5) is 0 Å². The van der Waals surface area contributed by atoms with E-state index in [4.69, 9.17) is 0 Å². The van der Waals surface area contributed by atoms with Crippen LogP contribution in [-0.4, -0.2) is 8.96 Å². The van der Waals surface area contributed by atoms with E-state index in [9.17, 15) is 4.21 Å². The Morgan fingerprint density at radius 3 is 2.72 bits per heavy atom. The zero-order chi connectivity index (χ0) is 13.3. The summed E-state index contributed by atoms with van der Waals surface area (Å²) in [6, 6.07) is 6.28. The smallest absolute Gasteiger partial charge is 0.122 e. The molecule has 0 radical (unpaired) electrons. The highest BCUT2D eigenvalue weighted by Gasteiger charge is 2.22. The molecule has 0 heterocycles. The second-order valence-corrected chi connectivity index (χ2v) is 8.32. The molecule has 0 aliphatic heterocycles. The molecule has 0 fully saturated rings. The fourth-order valence-electron chi connectivity index (χ4n) is 1.85. The number of fused-ring (bicyclic) bond motifs is 1. The average Bonchev–Trinajstić information content (AvgIpc) is 2.28. The number of rotatable bonds is 2. The molecule has 1 aromatic carbocycles. The van der Waals surface area contributed by atoms with Gasteiger partial charge in [-0.3, -0.25) is 0 Å². The second-order valence-electron chi connectivity index (χ2n) is 5.44. The first-order chi connectivity index (χ1) is 8.38. The van der Waals surface area contributed by atoms with Crippen molar-refractivity contribution in [1.82, 2.24) is 4.72 Å². The molecular formula is C14H18BrNOS. The molecule has 0 unspecified atom stereocenters. The van der Waals surface area contributed by atoms with Crippen LogP contribution >= 0.6 is 15.9 Å². The number of nitrogens with one attached hydrogen (secondary N) is 1. The van der Waals surface area contributed by atoms with Gasteiger partial charge in [-0.15, -0.1) is 0 Å². The Kier molecular flexibility index (Phi) is 3.97. The molecular weight excluding hydrogens is 310 g/mol. The first kappa shape index (κ1) is 13.8. The van der Waals surface area contributed by atoms with E-state index in [0.717, 1.165) is 28.6 Å².